The van der Waals surface area contributed by atoms with Crippen LogP contribution < -0.4 is 5.32 Å². The summed E-state index contributed by atoms with van der Waals surface area (Å²) in [7, 11) is 0. The molecular formula is C8H13N3O. The SMILES string of the molecule is CC1(Nc2ncc[nH]2)CCOC1. The zero-order valence-electron chi connectivity index (χ0n) is 7.13. The largest absolute Gasteiger partial charge is 0.379 e. The quantitative estimate of drug-likeness (QED) is 0.691. The van der Waals surface area contributed by atoms with Crippen molar-refractivity contribution >= 4 is 5.95 Å². The van der Waals surface area contributed by atoms with Crippen molar-refractivity contribution in [3.63, 3.8) is 0 Å². The molecule has 1 aliphatic rings. The average Bonchev–Trinajstić information content (AvgIpc) is 2.62. The van der Waals surface area contributed by atoms with Crippen LogP contribution in [0.1, 0.15) is 13.3 Å². The van der Waals surface area contributed by atoms with Crippen LogP contribution in [0, 0.1) is 0 Å². The molecular weight excluding hydrogens is 154 g/mol. The van der Waals surface area contributed by atoms with E-state index in [0.717, 1.165) is 25.6 Å². The number of aromatic amines is 1. The highest BCUT2D eigenvalue weighted by atomic mass is 16.5. The first-order chi connectivity index (χ1) is 5.79. The molecule has 1 aliphatic heterocycles. The molecule has 2 rings (SSSR count). The van der Waals surface area contributed by atoms with Crippen molar-refractivity contribution in [1.29, 1.82) is 0 Å². The number of aromatic nitrogens is 2. The number of hydrogen-bond donors (Lipinski definition) is 2. The molecule has 1 aromatic rings. The van der Waals surface area contributed by atoms with Crippen LogP contribution in [-0.2, 0) is 4.74 Å². The molecule has 0 aliphatic carbocycles. The number of anilines is 1. The molecule has 4 nitrogen and oxygen atoms in total. The Morgan fingerprint density at radius 1 is 1.75 bits per heavy atom. The molecule has 1 atom stereocenters. The van der Waals surface area contributed by atoms with Crippen molar-refractivity contribution in [2.24, 2.45) is 0 Å². The zero-order chi connectivity index (χ0) is 8.44. The van der Waals surface area contributed by atoms with Crippen molar-refractivity contribution in [3.8, 4) is 0 Å². The summed E-state index contributed by atoms with van der Waals surface area (Å²) in [5, 5.41) is 3.31. The Morgan fingerprint density at radius 3 is 3.25 bits per heavy atom. The number of H-pyrrole nitrogens is 1. The molecule has 0 spiro atoms. The lowest BCUT2D eigenvalue weighted by molar-refractivity contribution is 0.185. The molecule has 0 amide bonds. The molecule has 1 saturated heterocycles. The van der Waals surface area contributed by atoms with Crippen molar-refractivity contribution < 1.29 is 4.74 Å². The van der Waals surface area contributed by atoms with E-state index in [-0.39, 0.29) is 5.54 Å². The third kappa shape index (κ3) is 1.43. The van der Waals surface area contributed by atoms with Crippen LogP contribution >= 0.6 is 0 Å². The van der Waals surface area contributed by atoms with Crippen molar-refractivity contribution in [1.82, 2.24) is 9.97 Å². The molecule has 0 radical (unpaired) electrons. The maximum Gasteiger partial charge on any atom is 0.200 e. The smallest absolute Gasteiger partial charge is 0.200 e. The minimum absolute atomic E-state index is 0.0534. The van der Waals surface area contributed by atoms with Crippen LogP contribution in [0.3, 0.4) is 0 Å². The van der Waals surface area contributed by atoms with Gasteiger partial charge in [-0.15, -0.1) is 0 Å². The molecule has 2 heterocycles. The summed E-state index contributed by atoms with van der Waals surface area (Å²) in [5.41, 5.74) is 0.0534. The number of rotatable bonds is 2. The van der Waals surface area contributed by atoms with E-state index in [1.807, 2.05) is 6.20 Å². The van der Waals surface area contributed by atoms with Crippen LogP contribution in [-0.4, -0.2) is 28.7 Å². The van der Waals surface area contributed by atoms with Gasteiger partial charge >= 0.3 is 0 Å². The third-order valence-electron chi connectivity index (χ3n) is 2.14. The summed E-state index contributed by atoms with van der Waals surface area (Å²) in [5.74, 6) is 0.822. The van der Waals surface area contributed by atoms with E-state index in [0.29, 0.717) is 0 Å². The summed E-state index contributed by atoms with van der Waals surface area (Å²) in [6, 6.07) is 0. The van der Waals surface area contributed by atoms with Crippen LogP contribution in [0.4, 0.5) is 5.95 Å². The molecule has 0 saturated carbocycles. The predicted molar refractivity (Wildman–Crippen MR) is 46.1 cm³/mol. The van der Waals surface area contributed by atoms with Gasteiger partial charge in [-0.05, 0) is 13.3 Å². The molecule has 2 N–H and O–H groups in total. The lowest BCUT2D eigenvalue weighted by atomic mass is 10.0. The first-order valence-corrected chi connectivity index (χ1v) is 4.14. The van der Waals surface area contributed by atoms with E-state index in [4.69, 9.17) is 4.74 Å². The first kappa shape index (κ1) is 7.61. The summed E-state index contributed by atoms with van der Waals surface area (Å²) in [6.07, 6.45) is 4.58. The van der Waals surface area contributed by atoms with Gasteiger partial charge in [0.2, 0.25) is 5.95 Å². The molecule has 66 valence electrons. The topological polar surface area (TPSA) is 49.9 Å². The lowest BCUT2D eigenvalue weighted by Gasteiger charge is -2.22. The molecule has 12 heavy (non-hydrogen) atoms. The van der Waals surface area contributed by atoms with Gasteiger partial charge in [-0.1, -0.05) is 0 Å². The summed E-state index contributed by atoms with van der Waals surface area (Å²) < 4.78 is 5.30. The monoisotopic (exact) mass is 167 g/mol. The van der Waals surface area contributed by atoms with Gasteiger partial charge in [0, 0.05) is 19.0 Å². The van der Waals surface area contributed by atoms with Crippen molar-refractivity contribution in [3.05, 3.63) is 12.4 Å². The van der Waals surface area contributed by atoms with E-state index in [9.17, 15) is 0 Å². The van der Waals surface area contributed by atoms with E-state index in [1.54, 1.807) is 6.20 Å². The lowest BCUT2D eigenvalue weighted by Crippen LogP contribution is -2.35. The Labute approximate surface area is 71.3 Å². The summed E-state index contributed by atoms with van der Waals surface area (Å²) in [4.78, 5) is 7.11. The van der Waals surface area contributed by atoms with E-state index < -0.39 is 0 Å². The number of hydrogen-bond acceptors (Lipinski definition) is 3. The second kappa shape index (κ2) is 2.79. The van der Waals surface area contributed by atoms with Gasteiger partial charge in [0.1, 0.15) is 0 Å². The number of imidazole rings is 1. The maximum absolute atomic E-state index is 5.30. The van der Waals surface area contributed by atoms with E-state index >= 15 is 0 Å². The number of nitrogens with zero attached hydrogens (tertiary/aromatic N) is 1. The van der Waals surface area contributed by atoms with E-state index in [2.05, 4.69) is 22.2 Å². The average molecular weight is 167 g/mol. The Balaban J connectivity index is 2.02. The van der Waals surface area contributed by atoms with Crippen LogP contribution in [0.25, 0.3) is 0 Å². The molecule has 4 heteroatoms. The van der Waals surface area contributed by atoms with Crippen molar-refractivity contribution in [2.75, 3.05) is 18.5 Å². The minimum Gasteiger partial charge on any atom is -0.379 e. The van der Waals surface area contributed by atoms with Crippen molar-refractivity contribution in [2.45, 2.75) is 18.9 Å². The standard InChI is InChI=1S/C8H13N3O/c1-8(2-5-12-6-8)11-7-9-3-4-10-7/h3-4H,2,5-6H2,1H3,(H2,9,10,11). The Bertz CT molecular complexity index is 239. The highest BCUT2D eigenvalue weighted by molar-refractivity contribution is 5.28. The molecule has 1 fully saturated rings. The van der Waals surface area contributed by atoms with Crippen LogP contribution in [0.5, 0.6) is 0 Å². The minimum atomic E-state index is 0.0534. The summed E-state index contributed by atoms with van der Waals surface area (Å²) in [6.45, 7) is 3.74. The van der Waals surface area contributed by atoms with Gasteiger partial charge in [-0.2, -0.15) is 0 Å². The summed E-state index contributed by atoms with van der Waals surface area (Å²) >= 11 is 0. The Hall–Kier alpha value is -1.03. The fourth-order valence-electron chi connectivity index (χ4n) is 1.39. The van der Waals surface area contributed by atoms with Crippen LogP contribution in [0.15, 0.2) is 12.4 Å². The van der Waals surface area contributed by atoms with Crippen LogP contribution in [0.2, 0.25) is 0 Å². The fourth-order valence-corrected chi connectivity index (χ4v) is 1.39. The molecule has 1 aromatic heterocycles. The van der Waals surface area contributed by atoms with Gasteiger partial charge in [0.25, 0.3) is 0 Å². The number of nitrogens with one attached hydrogen (secondary N) is 2. The molecule has 0 bridgehead atoms. The van der Waals surface area contributed by atoms with Gasteiger partial charge in [-0.25, -0.2) is 4.98 Å². The normalized spacial score (nSPS) is 29.1. The third-order valence-corrected chi connectivity index (χ3v) is 2.14. The highest BCUT2D eigenvalue weighted by Crippen LogP contribution is 2.21. The van der Waals surface area contributed by atoms with Gasteiger partial charge in [-0.3, -0.25) is 0 Å². The second-order valence-electron chi connectivity index (χ2n) is 3.43. The maximum atomic E-state index is 5.30. The van der Waals surface area contributed by atoms with Gasteiger partial charge in [0.15, 0.2) is 0 Å². The Morgan fingerprint density at radius 2 is 2.67 bits per heavy atom. The zero-order valence-corrected chi connectivity index (χ0v) is 7.13. The fraction of sp³-hybridized carbons (Fsp3) is 0.625. The first-order valence-electron chi connectivity index (χ1n) is 4.14. The van der Waals surface area contributed by atoms with Gasteiger partial charge in [0.05, 0.1) is 12.1 Å². The predicted octanol–water partition coefficient (Wildman–Crippen LogP) is 1.00. The molecule has 1 unspecified atom stereocenters. The Kier molecular flexibility index (Phi) is 1.77. The number of ether oxygens (including phenoxy) is 1. The second-order valence-corrected chi connectivity index (χ2v) is 3.43. The van der Waals surface area contributed by atoms with E-state index in [1.165, 1.54) is 0 Å². The molecule has 0 aromatic carbocycles. The van der Waals surface area contributed by atoms with Gasteiger partial charge < -0.3 is 15.0 Å². The highest BCUT2D eigenvalue weighted by Gasteiger charge is 2.29.